The predicted octanol–water partition coefficient (Wildman–Crippen LogP) is 2.13. The van der Waals surface area contributed by atoms with E-state index >= 15 is 0 Å². The molecule has 0 bridgehead atoms. The van der Waals surface area contributed by atoms with Crippen LogP contribution in [0.5, 0.6) is 0 Å². The number of nitrogens with zero attached hydrogens (tertiary/aromatic N) is 1. The van der Waals surface area contributed by atoms with E-state index in [9.17, 15) is 8.78 Å². The lowest BCUT2D eigenvalue weighted by molar-refractivity contribution is 0.146. The monoisotopic (exact) mass is 192 g/mol. The number of aromatic nitrogens is 1. The second-order valence-electron chi connectivity index (χ2n) is 2.17. The molecule has 0 atom stereocenters. The summed E-state index contributed by atoms with van der Waals surface area (Å²) in [6.45, 7) is 0.0688. The van der Waals surface area contributed by atoms with Gasteiger partial charge in [-0.15, -0.1) is 0 Å². The Labute approximate surface area is 73.4 Å². The van der Waals surface area contributed by atoms with Crippen LogP contribution in [0.1, 0.15) is 17.8 Å². The first-order valence-electron chi connectivity index (χ1n) is 3.28. The molecule has 1 heterocycles. The largest absolute Gasteiger partial charge is 0.325 e. The third-order valence-corrected chi connectivity index (χ3v) is 1.70. The van der Waals surface area contributed by atoms with Crippen LogP contribution < -0.4 is 5.73 Å². The van der Waals surface area contributed by atoms with Gasteiger partial charge in [0.05, 0.1) is 10.7 Å². The highest BCUT2D eigenvalue weighted by atomic mass is 35.5. The molecule has 0 aliphatic rings. The zero-order valence-corrected chi connectivity index (χ0v) is 6.85. The van der Waals surface area contributed by atoms with Gasteiger partial charge in [-0.1, -0.05) is 11.6 Å². The zero-order valence-electron chi connectivity index (χ0n) is 6.10. The van der Waals surface area contributed by atoms with E-state index in [0.717, 1.165) is 0 Å². The number of rotatable bonds is 2. The maximum absolute atomic E-state index is 12.1. The molecule has 0 aliphatic heterocycles. The summed E-state index contributed by atoms with van der Waals surface area (Å²) in [5, 5.41) is 0.321. The molecule has 0 unspecified atom stereocenters. The summed E-state index contributed by atoms with van der Waals surface area (Å²) in [5.41, 5.74) is 5.24. The molecule has 12 heavy (non-hydrogen) atoms. The highest BCUT2D eigenvalue weighted by Gasteiger charge is 2.10. The van der Waals surface area contributed by atoms with Crippen molar-refractivity contribution in [2.24, 2.45) is 5.73 Å². The summed E-state index contributed by atoms with van der Waals surface area (Å²) in [5.74, 6) is 0. The third-order valence-electron chi connectivity index (χ3n) is 1.36. The second-order valence-corrected chi connectivity index (χ2v) is 2.58. The van der Waals surface area contributed by atoms with E-state index in [0.29, 0.717) is 10.7 Å². The fourth-order valence-corrected chi connectivity index (χ4v) is 0.948. The van der Waals surface area contributed by atoms with E-state index < -0.39 is 6.43 Å². The van der Waals surface area contributed by atoms with Crippen LogP contribution in [0.3, 0.4) is 0 Å². The van der Waals surface area contributed by atoms with Crippen molar-refractivity contribution in [1.82, 2.24) is 4.98 Å². The number of nitrogens with two attached hydrogens (primary N) is 1. The molecule has 1 aromatic rings. The molecule has 66 valence electrons. The molecule has 5 heteroatoms. The topological polar surface area (TPSA) is 38.9 Å². The summed E-state index contributed by atoms with van der Waals surface area (Å²) in [6, 6.07) is 2.56. The molecular weight excluding hydrogens is 186 g/mol. The van der Waals surface area contributed by atoms with Crippen molar-refractivity contribution in [1.29, 1.82) is 0 Å². The fraction of sp³-hybridized carbons (Fsp3) is 0.286. The van der Waals surface area contributed by atoms with E-state index in [4.69, 9.17) is 17.3 Å². The van der Waals surface area contributed by atoms with Crippen LogP contribution in [0.4, 0.5) is 8.78 Å². The molecule has 2 nitrogen and oxygen atoms in total. The number of alkyl halides is 2. The van der Waals surface area contributed by atoms with E-state index in [2.05, 4.69) is 4.98 Å². The normalized spacial score (nSPS) is 10.8. The average Bonchev–Trinajstić information content (AvgIpc) is 2.05. The number of pyridine rings is 1. The van der Waals surface area contributed by atoms with E-state index in [-0.39, 0.29) is 12.2 Å². The summed E-state index contributed by atoms with van der Waals surface area (Å²) < 4.78 is 24.1. The van der Waals surface area contributed by atoms with Gasteiger partial charge in [-0.3, -0.25) is 0 Å². The first-order chi connectivity index (χ1) is 5.65. The van der Waals surface area contributed by atoms with Gasteiger partial charge in [-0.2, -0.15) is 0 Å². The maximum Gasteiger partial charge on any atom is 0.280 e. The Morgan fingerprint density at radius 3 is 2.67 bits per heavy atom. The van der Waals surface area contributed by atoms with Crippen molar-refractivity contribution in [3.8, 4) is 0 Å². The standard InChI is InChI=1S/C7H7ClF2N2/c8-4-1-2-5(7(9)10)12-6(4)3-11/h1-2,7H,3,11H2. The summed E-state index contributed by atoms with van der Waals surface area (Å²) >= 11 is 5.61. The van der Waals surface area contributed by atoms with E-state index in [1.165, 1.54) is 12.1 Å². The lowest BCUT2D eigenvalue weighted by Crippen LogP contribution is -2.03. The first kappa shape index (κ1) is 9.35. The minimum atomic E-state index is -2.58. The van der Waals surface area contributed by atoms with Gasteiger partial charge in [0.1, 0.15) is 5.69 Å². The van der Waals surface area contributed by atoms with Gasteiger partial charge in [0.2, 0.25) is 0 Å². The van der Waals surface area contributed by atoms with Gasteiger partial charge in [0, 0.05) is 6.54 Å². The van der Waals surface area contributed by atoms with Crippen LogP contribution in [-0.4, -0.2) is 4.98 Å². The lowest BCUT2D eigenvalue weighted by Gasteiger charge is -2.02. The van der Waals surface area contributed by atoms with Crippen molar-refractivity contribution in [2.45, 2.75) is 13.0 Å². The molecule has 0 saturated heterocycles. The van der Waals surface area contributed by atoms with Crippen LogP contribution in [0, 0.1) is 0 Å². The molecule has 1 rings (SSSR count). The van der Waals surface area contributed by atoms with Crippen LogP contribution in [-0.2, 0) is 6.54 Å². The highest BCUT2D eigenvalue weighted by molar-refractivity contribution is 6.31. The Balaban J connectivity index is 3.05. The molecule has 0 saturated carbocycles. The van der Waals surface area contributed by atoms with E-state index in [1.54, 1.807) is 0 Å². The minimum Gasteiger partial charge on any atom is -0.325 e. The predicted molar refractivity (Wildman–Crippen MR) is 42.1 cm³/mol. The average molecular weight is 193 g/mol. The molecule has 0 fully saturated rings. The fourth-order valence-electron chi connectivity index (χ4n) is 0.766. The molecule has 0 radical (unpaired) electrons. The Bertz CT molecular complexity index is 278. The van der Waals surface area contributed by atoms with Crippen molar-refractivity contribution in [2.75, 3.05) is 0 Å². The Hall–Kier alpha value is -0.740. The SMILES string of the molecule is NCc1nc(C(F)F)ccc1Cl. The number of halogens is 3. The van der Waals surface area contributed by atoms with Crippen LogP contribution in [0.25, 0.3) is 0 Å². The minimum absolute atomic E-state index is 0.0688. The first-order valence-corrected chi connectivity index (χ1v) is 3.66. The Kier molecular flexibility index (Phi) is 2.94. The van der Waals surface area contributed by atoms with Gasteiger partial charge in [0.15, 0.2) is 0 Å². The number of hydrogen-bond donors (Lipinski definition) is 1. The smallest absolute Gasteiger partial charge is 0.280 e. The van der Waals surface area contributed by atoms with Gasteiger partial charge >= 0.3 is 0 Å². The van der Waals surface area contributed by atoms with Crippen LogP contribution in [0.15, 0.2) is 12.1 Å². The van der Waals surface area contributed by atoms with Crippen molar-refractivity contribution < 1.29 is 8.78 Å². The molecule has 0 aromatic carbocycles. The summed E-state index contributed by atoms with van der Waals surface area (Å²) in [6.07, 6.45) is -2.58. The molecule has 1 aromatic heterocycles. The quantitative estimate of drug-likeness (QED) is 0.780. The second kappa shape index (κ2) is 3.78. The van der Waals surface area contributed by atoms with Gasteiger partial charge in [0.25, 0.3) is 6.43 Å². The van der Waals surface area contributed by atoms with Crippen molar-refractivity contribution in [3.05, 3.63) is 28.5 Å². The maximum atomic E-state index is 12.1. The molecule has 0 spiro atoms. The molecular formula is C7H7ClF2N2. The zero-order chi connectivity index (χ0) is 9.14. The van der Waals surface area contributed by atoms with Crippen molar-refractivity contribution >= 4 is 11.6 Å². The van der Waals surface area contributed by atoms with E-state index in [1.807, 2.05) is 0 Å². The Morgan fingerprint density at radius 2 is 2.17 bits per heavy atom. The third kappa shape index (κ3) is 1.89. The number of hydrogen-bond acceptors (Lipinski definition) is 2. The molecule has 2 N–H and O–H groups in total. The van der Waals surface area contributed by atoms with Crippen LogP contribution >= 0.6 is 11.6 Å². The lowest BCUT2D eigenvalue weighted by atomic mass is 10.3. The molecule has 0 amide bonds. The van der Waals surface area contributed by atoms with Gasteiger partial charge < -0.3 is 5.73 Å². The van der Waals surface area contributed by atoms with Crippen LogP contribution in [0.2, 0.25) is 5.02 Å². The van der Waals surface area contributed by atoms with Crippen molar-refractivity contribution in [3.63, 3.8) is 0 Å². The summed E-state index contributed by atoms with van der Waals surface area (Å²) in [4.78, 5) is 3.58. The Morgan fingerprint density at radius 1 is 1.50 bits per heavy atom. The summed E-state index contributed by atoms with van der Waals surface area (Å²) in [7, 11) is 0. The van der Waals surface area contributed by atoms with Gasteiger partial charge in [-0.25, -0.2) is 13.8 Å². The van der Waals surface area contributed by atoms with Gasteiger partial charge in [-0.05, 0) is 12.1 Å². The molecule has 0 aliphatic carbocycles. The highest BCUT2D eigenvalue weighted by Crippen LogP contribution is 2.20.